The van der Waals surface area contributed by atoms with Crippen LogP contribution in [0.15, 0.2) is 42.5 Å². The molecule has 0 saturated carbocycles. The van der Waals surface area contributed by atoms with E-state index in [-0.39, 0.29) is 5.82 Å². The average molecular weight is 280 g/mol. The van der Waals surface area contributed by atoms with Gasteiger partial charge in [-0.25, -0.2) is 4.39 Å². The summed E-state index contributed by atoms with van der Waals surface area (Å²) in [6.07, 6.45) is 0. The first-order valence-corrected chi connectivity index (χ1v) is 6.34. The van der Waals surface area contributed by atoms with Gasteiger partial charge in [-0.05, 0) is 35.4 Å². The molecule has 0 atom stereocenters. The second-order valence-corrected chi connectivity index (χ2v) is 4.61. The molecule has 2 nitrogen and oxygen atoms in total. The van der Waals surface area contributed by atoms with Crippen molar-refractivity contribution in [2.75, 3.05) is 7.11 Å². The zero-order chi connectivity index (χ0) is 13.7. The molecule has 0 amide bonds. The van der Waals surface area contributed by atoms with Crippen molar-refractivity contribution in [3.8, 4) is 5.75 Å². The number of halogens is 2. The maximum absolute atomic E-state index is 12.7. The van der Waals surface area contributed by atoms with E-state index in [0.29, 0.717) is 23.9 Å². The van der Waals surface area contributed by atoms with E-state index in [1.807, 2.05) is 18.2 Å². The average Bonchev–Trinajstić information content (AvgIpc) is 2.41. The monoisotopic (exact) mass is 279 g/mol. The molecular weight excluding hydrogens is 265 g/mol. The minimum atomic E-state index is -0.217. The lowest BCUT2D eigenvalue weighted by Gasteiger charge is -2.08. The minimum Gasteiger partial charge on any atom is -0.495 e. The van der Waals surface area contributed by atoms with Gasteiger partial charge in [-0.3, -0.25) is 0 Å². The summed E-state index contributed by atoms with van der Waals surface area (Å²) in [5, 5.41) is 3.88. The van der Waals surface area contributed by atoms with Crippen LogP contribution >= 0.6 is 11.6 Å². The number of hydrogen-bond donors (Lipinski definition) is 1. The highest BCUT2D eigenvalue weighted by Crippen LogP contribution is 2.24. The summed E-state index contributed by atoms with van der Waals surface area (Å²) in [5.41, 5.74) is 2.12. The summed E-state index contributed by atoms with van der Waals surface area (Å²) in [7, 11) is 1.59. The van der Waals surface area contributed by atoms with E-state index in [2.05, 4.69) is 5.32 Å². The maximum Gasteiger partial charge on any atom is 0.137 e. The van der Waals surface area contributed by atoms with Crippen LogP contribution in [0.5, 0.6) is 5.75 Å². The van der Waals surface area contributed by atoms with E-state index in [0.717, 1.165) is 11.1 Å². The van der Waals surface area contributed by atoms with Crippen molar-refractivity contribution in [3.63, 3.8) is 0 Å². The zero-order valence-electron chi connectivity index (χ0n) is 10.6. The van der Waals surface area contributed by atoms with Gasteiger partial charge >= 0.3 is 0 Å². The smallest absolute Gasteiger partial charge is 0.137 e. The molecule has 0 saturated heterocycles. The van der Waals surface area contributed by atoms with E-state index in [9.17, 15) is 4.39 Å². The van der Waals surface area contributed by atoms with E-state index in [1.54, 1.807) is 19.2 Å². The molecule has 1 N–H and O–H groups in total. The molecule has 0 bridgehead atoms. The third-order valence-corrected chi connectivity index (χ3v) is 3.08. The first kappa shape index (κ1) is 13.8. The van der Waals surface area contributed by atoms with Crippen molar-refractivity contribution < 1.29 is 9.13 Å². The number of benzene rings is 2. The van der Waals surface area contributed by atoms with E-state index in [1.165, 1.54) is 12.1 Å². The lowest BCUT2D eigenvalue weighted by Crippen LogP contribution is -2.12. The Morgan fingerprint density at radius 1 is 1.05 bits per heavy atom. The lowest BCUT2D eigenvalue weighted by atomic mass is 10.2. The Balaban J connectivity index is 1.88. The fourth-order valence-electron chi connectivity index (χ4n) is 1.77. The first-order valence-electron chi connectivity index (χ1n) is 5.96. The molecule has 2 rings (SSSR count). The Kier molecular flexibility index (Phi) is 4.77. The third-order valence-electron chi connectivity index (χ3n) is 2.79. The Bertz CT molecular complexity index is 542. The molecule has 0 aliphatic heterocycles. The number of hydrogen-bond acceptors (Lipinski definition) is 2. The van der Waals surface area contributed by atoms with Gasteiger partial charge in [0.05, 0.1) is 12.1 Å². The molecule has 0 radical (unpaired) electrons. The van der Waals surface area contributed by atoms with Crippen LogP contribution in [0.25, 0.3) is 0 Å². The van der Waals surface area contributed by atoms with Crippen LogP contribution in [0.2, 0.25) is 5.02 Å². The highest BCUT2D eigenvalue weighted by Gasteiger charge is 2.01. The van der Waals surface area contributed by atoms with Gasteiger partial charge in [-0.2, -0.15) is 0 Å². The summed E-state index contributed by atoms with van der Waals surface area (Å²) in [6, 6.07) is 12.1. The van der Waals surface area contributed by atoms with Gasteiger partial charge in [0.2, 0.25) is 0 Å². The lowest BCUT2D eigenvalue weighted by molar-refractivity contribution is 0.415. The summed E-state index contributed by atoms with van der Waals surface area (Å²) < 4.78 is 17.8. The second-order valence-electron chi connectivity index (χ2n) is 4.20. The number of ether oxygens (including phenoxy) is 1. The number of nitrogens with one attached hydrogen (secondary N) is 1. The van der Waals surface area contributed by atoms with Crippen LogP contribution in [-0.4, -0.2) is 7.11 Å². The summed E-state index contributed by atoms with van der Waals surface area (Å²) >= 11 is 6.05. The van der Waals surface area contributed by atoms with Crippen LogP contribution in [-0.2, 0) is 13.1 Å². The van der Waals surface area contributed by atoms with Gasteiger partial charge in [-0.1, -0.05) is 29.8 Å². The van der Waals surface area contributed by atoms with Crippen LogP contribution in [0.1, 0.15) is 11.1 Å². The van der Waals surface area contributed by atoms with Crippen molar-refractivity contribution in [1.82, 2.24) is 5.32 Å². The quantitative estimate of drug-likeness (QED) is 0.899. The topological polar surface area (TPSA) is 21.3 Å². The molecule has 100 valence electrons. The number of methoxy groups -OCH3 is 1. The van der Waals surface area contributed by atoms with E-state index < -0.39 is 0 Å². The largest absolute Gasteiger partial charge is 0.495 e. The Hall–Kier alpha value is -1.58. The summed E-state index contributed by atoms with van der Waals surface area (Å²) in [5.74, 6) is 0.453. The van der Waals surface area contributed by atoms with Gasteiger partial charge < -0.3 is 10.1 Å². The van der Waals surface area contributed by atoms with Crippen molar-refractivity contribution in [1.29, 1.82) is 0 Å². The molecule has 0 unspecified atom stereocenters. The Labute approximate surface area is 117 Å². The van der Waals surface area contributed by atoms with E-state index >= 15 is 0 Å². The van der Waals surface area contributed by atoms with Gasteiger partial charge in [-0.15, -0.1) is 0 Å². The molecule has 0 fully saturated rings. The zero-order valence-corrected chi connectivity index (χ0v) is 11.4. The van der Waals surface area contributed by atoms with Crippen molar-refractivity contribution >= 4 is 11.6 Å². The maximum atomic E-state index is 12.7. The highest BCUT2D eigenvalue weighted by atomic mass is 35.5. The fraction of sp³-hybridized carbons (Fsp3) is 0.200. The molecule has 19 heavy (non-hydrogen) atoms. The van der Waals surface area contributed by atoms with Gasteiger partial charge in [0, 0.05) is 13.1 Å². The molecular formula is C15H15ClFNO. The molecule has 4 heteroatoms. The Morgan fingerprint density at radius 2 is 1.68 bits per heavy atom. The molecule has 0 aliphatic rings. The molecule has 2 aromatic rings. The van der Waals surface area contributed by atoms with Gasteiger partial charge in [0.15, 0.2) is 0 Å². The van der Waals surface area contributed by atoms with Crippen molar-refractivity contribution in [2.45, 2.75) is 13.1 Å². The summed E-state index contributed by atoms with van der Waals surface area (Å²) in [4.78, 5) is 0. The van der Waals surface area contributed by atoms with Crippen LogP contribution in [0.4, 0.5) is 4.39 Å². The Morgan fingerprint density at radius 3 is 2.32 bits per heavy atom. The SMILES string of the molecule is COc1ccc(CNCc2ccc(F)cc2)cc1Cl. The third kappa shape index (κ3) is 3.94. The second kappa shape index (κ2) is 6.55. The van der Waals surface area contributed by atoms with Crippen molar-refractivity contribution in [3.05, 3.63) is 64.4 Å². The number of rotatable bonds is 5. The first-order chi connectivity index (χ1) is 9.19. The molecule has 2 aromatic carbocycles. The summed E-state index contributed by atoms with van der Waals surface area (Å²) in [6.45, 7) is 1.38. The van der Waals surface area contributed by atoms with Gasteiger partial charge in [0.1, 0.15) is 11.6 Å². The van der Waals surface area contributed by atoms with Gasteiger partial charge in [0.25, 0.3) is 0 Å². The normalized spacial score (nSPS) is 10.5. The predicted molar refractivity (Wildman–Crippen MR) is 74.9 cm³/mol. The predicted octanol–water partition coefficient (Wildman–Crippen LogP) is 3.78. The molecule has 0 spiro atoms. The van der Waals surface area contributed by atoms with Crippen LogP contribution in [0, 0.1) is 5.82 Å². The fourth-order valence-corrected chi connectivity index (χ4v) is 2.05. The molecule has 0 heterocycles. The molecule has 0 aromatic heterocycles. The standard InChI is InChI=1S/C15H15ClFNO/c1-19-15-7-4-12(8-14(15)16)10-18-9-11-2-5-13(17)6-3-11/h2-8,18H,9-10H2,1H3. The van der Waals surface area contributed by atoms with E-state index in [4.69, 9.17) is 16.3 Å². The van der Waals surface area contributed by atoms with Crippen LogP contribution in [0.3, 0.4) is 0 Å². The minimum absolute atomic E-state index is 0.217. The van der Waals surface area contributed by atoms with Crippen molar-refractivity contribution in [2.24, 2.45) is 0 Å². The highest BCUT2D eigenvalue weighted by molar-refractivity contribution is 6.32. The molecule has 0 aliphatic carbocycles. The van der Waals surface area contributed by atoms with Crippen LogP contribution < -0.4 is 10.1 Å².